The minimum atomic E-state index is -5.18. The lowest BCUT2D eigenvalue weighted by molar-refractivity contribution is -0.00301. The summed E-state index contributed by atoms with van der Waals surface area (Å²) < 4.78 is 114. The fourth-order valence-electron chi connectivity index (χ4n) is 12.1. The maximum atomic E-state index is 8.47. The van der Waals surface area contributed by atoms with Crippen LogP contribution in [-0.4, -0.2) is 77.1 Å². The average molecular weight is 1230 g/mol. The Balaban J connectivity index is 1.05. The first-order valence-electron chi connectivity index (χ1n) is 27.3. The zero-order valence-electron chi connectivity index (χ0n) is 43.8. The van der Waals surface area contributed by atoms with Gasteiger partial charge in [0.1, 0.15) is 23.0 Å². The summed E-state index contributed by atoms with van der Waals surface area (Å²) in [6, 6.07) is 87.3. The topological polar surface area (TPSA) is 129 Å². The fourth-order valence-corrected chi connectivity index (χ4v) is 58.2. The standard InChI is InChI=1S/C60H45BO14Si8/c1-8-26-46(27-9-1)76-64-77(47-28-10-2-11-29-47)67-80(50-34-16-5-17-35-50)69-78(65-76,48-30-12-3-13-31-48)71-82(52-38-20-7-21-39-52)72-79(66-76,49-32-14-4-15-33-49)70-81(68-77,51-36-18-6-19-37-51)74-83(73-80,75-82)53-44-58-60-59(45-53)63-57-43-25-23-41-55(57)61(60)54-40-22-24-42-56(54)62-58/h1-45H. The lowest BCUT2D eigenvalue weighted by Crippen LogP contribution is -2.96. The van der Waals surface area contributed by atoms with Crippen LogP contribution in [0.25, 0.3) is 0 Å². The Bertz CT molecular complexity index is 3780. The van der Waals surface area contributed by atoms with E-state index in [2.05, 4.69) is 12.1 Å². The van der Waals surface area contributed by atoms with Gasteiger partial charge in [-0.3, -0.25) is 0 Å². The molecule has 23 heteroatoms. The number of ether oxygens (including phenoxy) is 2. The first-order chi connectivity index (χ1) is 40.7. The van der Waals surface area contributed by atoms with Gasteiger partial charge in [-0.05, 0) is 35.2 Å². The summed E-state index contributed by atoms with van der Waals surface area (Å²) in [6.07, 6.45) is 0. The molecule has 14 nitrogen and oxygen atoms in total. The van der Waals surface area contributed by atoms with E-state index in [4.69, 9.17) is 58.9 Å². The van der Waals surface area contributed by atoms with Crippen LogP contribution in [0.1, 0.15) is 0 Å². The molecule has 0 aliphatic carbocycles. The van der Waals surface area contributed by atoms with E-state index in [1.807, 2.05) is 261 Å². The number of para-hydroxylation sites is 2. The Labute approximate surface area is 486 Å². The molecular formula is C60H45BO14Si8. The molecule has 0 saturated carbocycles. The molecule has 8 aliphatic rings. The van der Waals surface area contributed by atoms with Gasteiger partial charge in [0.15, 0.2) is 0 Å². The van der Waals surface area contributed by atoms with Crippen LogP contribution in [0.15, 0.2) is 273 Å². The number of hydrogen-bond acceptors (Lipinski definition) is 14. The van der Waals surface area contributed by atoms with Gasteiger partial charge in [-0.25, -0.2) is 0 Å². The molecule has 0 radical (unpaired) electrons. The third kappa shape index (κ3) is 7.79. The molecule has 8 heterocycles. The largest absolute Gasteiger partial charge is 0.516 e. The van der Waals surface area contributed by atoms with E-state index < -0.39 is 70.4 Å². The van der Waals surface area contributed by atoms with Crippen molar-refractivity contribution in [3.8, 4) is 23.0 Å². The molecule has 0 atom stereocenters. The van der Waals surface area contributed by atoms with Gasteiger partial charge in [-0.2, -0.15) is 0 Å². The summed E-state index contributed by atoms with van der Waals surface area (Å²) in [5.74, 6) is 2.35. The number of rotatable bonds is 8. The van der Waals surface area contributed by atoms with Crippen LogP contribution < -0.4 is 67.4 Å². The molecule has 10 aromatic rings. The molecule has 404 valence electrons. The van der Waals surface area contributed by atoms with E-state index in [9.17, 15) is 0 Å². The van der Waals surface area contributed by atoms with E-state index in [1.54, 1.807) is 0 Å². The Morgan fingerprint density at radius 2 is 0.386 bits per heavy atom. The molecule has 0 N–H and O–H groups in total. The Morgan fingerprint density at radius 3 is 0.614 bits per heavy atom. The SMILES string of the molecule is c1ccc([Si]23O[Si]4(c5ccccc5)O[Si]5(c6ccccc6)O[Si](c6ccccc6)(O2)O[Si]2(c6ccccc6)O[Si](c6ccccc6)(O3)O[Si](c3ccccc3)(O4)O[Si](c3cc4c6c(c3)Oc3ccccc3B6c3ccccc3O4)(O5)O2)cc1. The van der Waals surface area contributed by atoms with Crippen molar-refractivity contribution in [1.29, 1.82) is 0 Å². The third-order valence-electron chi connectivity index (χ3n) is 15.8. The second-order valence-electron chi connectivity index (χ2n) is 20.8. The lowest BCUT2D eigenvalue weighted by atomic mass is 9.35. The molecular weight excluding hydrogens is 1180 g/mol. The molecule has 0 spiro atoms. The maximum absolute atomic E-state index is 8.47. The van der Waals surface area contributed by atoms with Crippen molar-refractivity contribution in [2.45, 2.75) is 0 Å². The number of hydrogen-bond donors (Lipinski definition) is 0. The third-order valence-corrected chi connectivity index (χ3v) is 49.8. The Hall–Kier alpha value is -6.88. The van der Waals surface area contributed by atoms with E-state index in [1.165, 1.54) is 0 Å². The molecule has 6 fully saturated rings. The van der Waals surface area contributed by atoms with Gasteiger partial charge >= 0.3 is 70.4 Å². The van der Waals surface area contributed by atoms with Crippen molar-refractivity contribution in [2.24, 2.45) is 0 Å². The second kappa shape index (κ2) is 18.8. The predicted molar refractivity (Wildman–Crippen MR) is 325 cm³/mol. The summed E-state index contributed by atoms with van der Waals surface area (Å²) in [7, 11) is -39.7. The maximum Gasteiger partial charge on any atom is 0.516 e. The number of benzene rings is 10. The zero-order valence-corrected chi connectivity index (χ0v) is 51.8. The van der Waals surface area contributed by atoms with E-state index in [0.717, 1.165) is 16.4 Å². The minimum absolute atomic E-state index is 0.263. The van der Waals surface area contributed by atoms with Crippen LogP contribution >= 0.6 is 0 Å². The molecule has 0 amide bonds. The van der Waals surface area contributed by atoms with Gasteiger partial charge < -0.3 is 58.9 Å². The van der Waals surface area contributed by atoms with Crippen molar-refractivity contribution in [3.05, 3.63) is 273 Å². The predicted octanol–water partition coefficient (Wildman–Crippen LogP) is 3.75. The van der Waals surface area contributed by atoms with Gasteiger partial charge in [0.2, 0.25) is 0 Å². The molecule has 0 unspecified atom stereocenters. The summed E-state index contributed by atoms with van der Waals surface area (Å²) in [4.78, 5) is 0. The quantitative estimate of drug-likeness (QED) is 0.205. The molecule has 6 saturated heterocycles. The van der Waals surface area contributed by atoms with Crippen LogP contribution in [0.4, 0.5) is 0 Å². The van der Waals surface area contributed by atoms with Gasteiger partial charge in [-0.1, -0.05) is 249 Å². The first-order valence-corrected chi connectivity index (χ1v) is 41.1. The summed E-state index contributed by atoms with van der Waals surface area (Å²) >= 11 is 0. The zero-order chi connectivity index (χ0) is 55.0. The summed E-state index contributed by atoms with van der Waals surface area (Å²) in [5, 5.41) is 4.08. The van der Waals surface area contributed by atoms with Crippen molar-refractivity contribution >= 4 is 135 Å². The average Bonchev–Trinajstić information content (AvgIpc) is 0.780. The highest BCUT2D eigenvalue weighted by Gasteiger charge is 2.86. The van der Waals surface area contributed by atoms with Gasteiger partial charge in [0.05, 0.1) is 0 Å². The van der Waals surface area contributed by atoms with Crippen molar-refractivity contribution in [3.63, 3.8) is 0 Å². The molecule has 10 aromatic carbocycles. The van der Waals surface area contributed by atoms with Crippen molar-refractivity contribution < 1.29 is 58.9 Å². The van der Waals surface area contributed by atoms with Gasteiger partial charge in [-0.15, -0.1) is 0 Å². The highest BCUT2D eigenvalue weighted by molar-refractivity contribution is 7.14. The molecule has 8 aliphatic heterocycles. The van der Waals surface area contributed by atoms with E-state index in [-0.39, 0.29) is 6.71 Å². The Kier molecular flexibility index (Phi) is 11.5. The van der Waals surface area contributed by atoms with Crippen LogP contribution in [0, 0.1) is 0 Å². The van der Waals surface area contributed by atoms with Crippen LogP contribution in [0.3, 0.4) is 0 Å². The lowest BCUT2D eigenvalue weighted by Gasteiger charge is -2.62. The van der Waals surface area contributed by atoms with Crippen molar-refractivity contribution in [2.75, 3.05) is 0 Å². The second-order valence-corrected chi connectivity index (χ2v) is 44.2. The molecule has 83 heavy (non-hydrogen) atoms. The highest BCUT2D eigenvalue weighted by atomic mass is 28.6. The van der Waals surface area contributed by atoms with Crippen LogP contribution in [0.2, 0.25) is 0 Å². The molecule has 8 bridgehead atoms. The van der Waals surface area contributed by atoms with Gasteiger partial charge in [0, 0.05) is 47.0 Å². The smallest absolute Gasteiger partial charge is 0.458 e. The first kappa shape index (κ1) is 50.6. The van der Waals surface area contributed by atoms with E-state index >= 15 is 0 Å². The fraction of sp³-hybridized carbons (Fsp3) is 0. The van der Waals surface area contributed by atoms with Crippen LogP contribution in [-0.2, 0) is 49.4 Å². The molecule has 18 rings (SSSR count). The van der Waals surface area contributed by atoms with Gasteiger partial charge in [0.25, 0.3) is 6.71 Å². The number of fused-ring (bicyclic) bond motifs is 4. The summed E-state index contributed by atoms with van der Waals surface area (Å²) in [5.41, 5.74) is 2.81. The minimum Gasteiger partial charge on any atom is -0.458 e. The monoisotopic (exact) mass is 1220 g/mol. The summed E-state index contributed by atoms with van der Waals surface area (Å²) in [6.45, 7) is -0.263. The highest BCUT2D eigenvalue weighted by Crippen LogP contribution is 2.49. The Morgan fingerprint density at radius 1 is 0.193 bits per heavy atom. The van der Waals surface area contributed by atoms with Crippen molar-refractivity contribution in [1.82, 2.24) is 0 Å². The van der Waals surface area contributed by atoms with E-state index in [0.29, 0.717) is 64.5 Å². The normalized spacial score (nSPS) is 30.4. The molecule has 0 aromatic heterocycles. The van der Waals surface area contributed by atoms with Crippen LogP contribution in [0.5, 0.6) is 23.0 Å².